The summed E-state index contributed by atoms with van der Waals surface area (Å²) in [7, 11) is 3.58. The third kappa shape index (κ3) is 5.11. The van der Waals surface area contributed by atoms with Gasteiger partial charge >= 0.3 is 6.03 Å². The second kappa shape index (κ2) is 8.23. The van der Waals surface area contributed by atoms with Crippen molar-refractivity contribution in [2.24, 2.45) is 5.92 Å². The Morgan fingerprint density at radius 3 is 2.76 bits per heavy atom. The molecule has 1 aromatic rings. The zero-order valence-electron chi connectivity index (χ0n) is 15.8. The molecule has 2 rings (SSSR count). The van der Waals surface area contributed by atoms with Crippen LogP contribution in [0.5, 0.6) is 5.75 Å². The fourth-order valence-electron chi connectivity index (χ4n) is 2.92. The van der Waals surface area contributed by atoms with Crippen LogP contribution in [-0.4, -0.2) is 61.1 Å². The van der Waals surface area contributed by atoms with E-state index in [0.717, 1.165) is 11.3 Å². The quantitative estimate of drug-likeness (QED) is 0.911. The van der Waals surface area contributed by atoms with Gasteiger partial charge in [0.1, 0.15) is 11.9 Å². The van der Waals surface area contributed by atoms with Gasteiger partial charge in [-0.15, -0.1) is 0 Å². The molecule has 0 unspecified atom stereocenters. The van der Waals surface area contributed by atoms with Crippen LogP contribution in [0, 0.1) is 5.92 Å². The van der Waals surface area contributed by atoms with Crippen molar-refractivity contribution >= 4 is 11.9 Å². The maximum Gasteiger partial charge on any atom is 0.317 e. The number of carbonyl (C=O) groups is 2. The summed E-state index contributed by atoms with van der Waals surface area (Å²) in [6.45, 7) is 6.97. The van der Waals surface area contributed by atoms with Crippen molar-refractivity contribution in [3.8, 4) is 5.75 Å². The largest absolute Gasteiger partial charge is 0.488 e. The maximum atomic E-state index is 12.4. The first kappa shape index (κ1) is 19.1. The topological polar surface area (TPSA) is 61.9 Å². The van der Waals surface area contributed by atoms with Crippen molar-refractivity contribution in [1.82, 2.24) is 15.1 Å². The fourth-order valence-corrected chi connectivity index (χ4v) is 2.92. The Hall–Kier alpha value is -2.24. The molecule has 0 radical (unpaired) electrons. The highest BCUT2D eigenvalue weighted by molar-refractivity contribution is 5.79. The normalized spacial score (nSPS) is 20.9. The fraction of sp³-hybridized carbons (Fsp3) is 0.579. The predicted molar refractivity (Wildman–Crippen MR) is 97.7 cm³/mol. The van der Waals surface area contributed by atoms with Gasteiger partial charge < -0.3 is 19.9 Å². The molecule has 1 heterocycles. The van der Waals surface area contributed by atoms with E-state index in [4.69, 9.17) is 4.74 Å². The minimum absolute atomic E-state index is 0.0782. The van der Waals surface area contributed by atoms with Gasteiger partial charge in [0, 0.05) is 38.2 Å². The Morgan fingerprint density at radius 2 is 2.08 bits per heavy atom. The van der Waals surface area contributed by atoms with E-state index < -0.39 is 0 Å². The van der Waals surface area contributed by atoms with E-state index in [0.29, 0.717) is 19.5 Å². The van der Waals surface area contributed by atoms with E-state index in [-0.39, 0.29) is 30.0 Å². The van der Waals surface area contributed by atoms with Crippen LogP contribution in [0.4, 0.5) is 4.79 Å². The number of amides is 3. The lowest BCUT2D eigenvalue weighted by molar-refractivity contribution is -0.129. The van der Waals surface area contributed by atoms with Gasteiger partial charge in [-0.2, -0.15) is 0 Å². The molecule has 0 aromatic heterocycles. The first-order valence-electron chi connectivity index (χ1n) is 8.78. The minimum Gasteiger partial charge on any atom is -0.488 e. The van der Waals surface area contributed by atoms with E-state index in [1.807, 2.05) is 45.2 Å². The molecule has 6 heteroatoms. The summed E-state index contributed by atoms with van der Waals surface area (Å²) in [5, 5.41) is 2.89. The number of carbonyl (C=O) groups excluding carboxylic acids is 2. The van der Waals surface area contributed by atoms with Gasteiger partial charge in [0.25, 0.3) is 0 Å². The first-order valence-corrected chi connectivity index (χ1v) is 8.78. The van der Waals surface area contributed by atoms with E-state index in [9.17, 15) is 9.59 Å². The Kier molecular flexibility index (Phi) is 6.28. The predicted octanol–water partition coefficient (Wildman–Crippen LogP) is 2.13. The molecule has 0 fully saturated rings. The Morgan fingerprint density at radius 1 is 1.40 bits per heavy atom. The summed E-state index contributed by atoms with van der Waals surface area (Å²) in [5.41, 5.74) is 0.882. The molecule has 0 saturated carbocycles. The molecule has 0 spiro atoms. The van der Waals surface area contributed by atoms with Gasteiger partial charge in [-0.3, -0.25) is 4.79 Å². The van der Waals surface area contributed by atoms with Gasteiger partial charge in [-0.1, -0.05) is 25.1 Å². The number of hydrogen-bond acceptors (Lipinski definition) is 3. The number of ether oxygens (including phenoxy) is 1. The van der Waals surface area contributed by atoms with Crippen LogP contribution < -0.4 is 10.1 Å². The number of nitrogens with zero attached hydrogens (tertiary/aromatic N) is 2. The van der Waals surface area contributed by atoms with Gasteiger partial charge in [0.2, 0.25) is 5.91 Å². The standard InChI is InChI=1S/C19H29N3O3/c1-13(2)20-19(24)22(5)12-17-14(3)11-21(4)18(23)10-15-8-6-7-9-16(15)25-17/h6-9,13-14,17H,10-12H2,1-5H3,(H,20,24)/t14-,17-/m1/s1. The summed E-state index contributed by atoms with van der Waals surface area (Å²) >= 11 is 0. The SMILES string of the molecule is CC(C)NC(=O)N(C)C[C@H]1Oc2ccccc2CC(=O)N(C)C[C@H]1C. The Balaban J connectivity index is 2.21. The highest BCUT2D eigenvalue weighted by atomic mass is 16.5. The van der Waals surface area contributed by atoms with Crippen molar-refractivity contribution in [2.45, 2.75) is 39.3 Å². The average Bonchev–Trinajstić information content (AvgIpc) is 2.57. The van der Waals surface area contributed by atoms with Crippen LogP contribution in [0.25, 0.3) is 0 Å². The van der Waals surface area contributed by atoms with Crippen molar-refractivity contribution in [3.63, 3.8) is 0 Å². The van der Waals surface area contributed by atoms with Crippen LogP contribution in [0.15, 0.2) is 24.3 Å². The zero-order chi connectivity index (χ0) is 18.6. The summed E-state index contributed by atoms with van der Waals surface area (Å²) in [5.74, 6) is 0.893. The first-order chi connectivity index (χ1) is 11.8. The van der Waals surface area contributed by atoms with Crippen LogP contribution >= 0.6 is 0 Å². The molecule has 1 aliphatic rings. The number of benzene rings is 1. The highest BCUT2D eigenvalue weighted by Crippen LogP contribution is 2.25. The molecule has 6 nitrogen and oxygen atoms in total. The average molecular weight is 347 g/mol. The molecule has 1 aromatic carbocycles. The lowest BCUT2D eigenvalue weighted by Gasteiger charge is -2.31. The molecule has 3 amide bonds. The summed E-state index contributed by atoms with van der Waals surface area (Å²) in [6, 6.07) is 7.59. The second-order valence-corrected chi connectivity index (χ2v) is 7.18. The van der Waals surface area contributed by atoms with Crippen LogP contribution in [0.2, 0.25) is 0 Å². The molecule has 0 aliphatic carbocycles. The van der Waals surface area contributed by atoms with Crippen molar-refractivity contribution in [1.29, 1.82) is 0 Å². The number of likely N-dealkylation sites (N-methyl/N-ethyl adjacent to an activating group) is 2. The molecule has 138 valence electrons. The number of nitrogens with one attached hydrogen (secondary N) is 1. The highest BCUT2D eigenvalue weighted by Gasteiger charge is 2.28. The summed E-state index contributed by atoms with van der Waals surface area (Å²) in [6.07, 6.45) is 0.132. The number of fused-ring (bicyclic) bond motifs is 1. The third-order valence-electron chi connectivity index (χ3n) is 4.43. The Labute approximate surface area is 150 Å². The van der Waals surface area contributed by atoms with E-state index >= 15 is 0 Å². The lowest BCUT2D eigenvalue weighted by Crippen LogP contribution is -2.48. The molecular weight excluding hydrogens is 318 g/mol. The van der Waals surface area contributed by atoms with Gasteiger partial charge in [0.05, 0.1) is 13.0 Å². The molecule has 25 heavy (non-hydrogen) atoms. The molecule has 2 atom stereocenters. The maximum absolute atomic E-state index is 12.4. The minimum atomic E-state index is -0.197. The van der Waals surface area contributed by atoms with E-state index in [1.54, 1.807) is 16.8 Å². The molecule has 0 bridgehead atoms. The molecule has 1 aliphatic heterocycles. The lowest BCUT2D eigenvalue weighted by atomic mass is 10.0. The van der Waals surface area contributed by atoms with Gasteiger partial charge in [-0.05, 0) is 19.9 Å². The van der Waals surface area contributed by atoms with Crippen LogP contribution in [0.3, 0.4) is 0 Å². The van der Waals surface area contributed by atoms with E-state index in [1.165, 1.54) is 0 Å². The van der Waals surface area contributed by atoms with Crippen molar-refractivity contribution in [3.05, 3.63) is 29.8 Å². The van der Waals surface area contributed by atoms with Crippen molar-refractivity contribution in [2.75, 3.05) is 27.2 Å². The monoisotopic (exact) mass is 347 g/mol. The van der Waals surface area contributed by atoms with Gasteiger partial charge in [0.15, 0.2) is 0 Å². The van der Waals surface area contributed by atoms with E-state index in [2.05, 4.69) is 12.2 Å². The van der Waals surface area contributed by atoms with Crippen molar-refractivity contribution < 1.29 is 14.3 Å². The number of rotatable bonds is 3. The van der Waals surface area contributed by atoms with Crippen LogP contribution in [0.1, 0.15) is 26.3 Å². The third-order valence-corrected chi connectivity index (χ3v) is 4.43. The van der Waals surface area contributed by atoms with Gasteiger partial charge in [-0.25, -0.2) is 4.79 Å². The molecule has 0 saturated heterocycles. The Bertz CT molecular complexity index is 618. The number of hydrogen-bond donors (Lipinski definition) is 1. The number of urea groups is 1. The molecule has 1 N–H and O–H groups in total. The number of para-hydroxylation sites is 1. The second-order valence-electron chi connectivity index (χ2n) is 7.18. The smallest absolute Gasteiger partial charge is 0.317 e. The summed E-state index contributed by atoms with van der Waals surface area (Å²) < 4.78 is 6.25. The zero-order valence-corrected chi connectivity index (χ0v) is 15.8. The molecular formula is C19H29N3O3. The summed E-state index contributed by atoms with van der Waals surface area (Å²) in [4.78, 5) is 28.0. The van der Waals surface area contributed by atoms with Crippen LogP contribution in [-0.2, 0) is 11.2 Å².